The molecule has 1 unspecified atom stereocenters. The number of benzene rings is 2. The van der Waals surface area contributed by atoms with Crippen LogP contribution in [0.4, 0.5) is 0 Å². The maximum Gasteiger partial charge on any atom is 0.119 e. The summed E-state index contributed by atoms with van der Waals surface area (Å²) in [6.45, 7) is 8.71. The van der Waals surface area contributed by atoms with Gasteiger partial charge in [-0.05, 0) is 47.7 Å². The Hall–Kier alpha value is -2.00. The Morgan fingerprint density at radius 2 is 1.62 bits per heavy atom. The average Bonchev–Trinajstić information content (AvgIpc) is 2.52. The fourth-order valence-electron chi connectivity index (χ4n) is 2.84. The van der Waals surface area contributed by atoms with Gasteiger partial charge in [0.15, 0.2) is 0 Å². The molecule has 130 valence electrons. The number of ether oxygens (including phenoxy) is 1. The van der Waals surface area contributed by atoms with Crippen molar-refractivity contribution in [3.8, 4) is 11.5 Å². The highest BCUT2D eigenvalue weighted by atomic mass is 16.5. The summed E-state index contributed by atoms with van der Waals surface area (Å²) in [6, 6.07) is 15.3. The summed E-state index contributed by atoms with van der Waals surface area (Å²) >= 11 is 0. The van der Waals surface area contributed by atoms with Crippen LogP contribution < -0.4 is 4.74 Å². The van der Waals surface area contributed by atoms with Crippen LogP contribution >= 0.6 is 0 Å². The van der Waals surface area contributed by atoms with Gasteiger partial charge in [-0.3, -0.25) is 0 Å². The summed E-state index contributed by atoms with van der Waals surface area (Å²) in [5.74, 6) is 1.47. The van der Waals surface area contributed by atoms with Crippen LogP contribution in [0.25, 0.3) is 0 Å². The standard InChI is InChI=1S/C21H28O3/c1-15(2)11-19(23)14-24-20-10-6-8-17(13-20)21(3,4)16-7-5-9-18(22)12-16/h5-10,12-13,15,19,22-23H,11,14H2,1-4H3. The van der Waals surface area contributed by atoms with E-state index in [1.807, 2.05) is 30.3 Å². The van der Waals surface area contributed by atoms with Crippen LogP contribution in [-0.2, 0) is 5.41 Å². The zero-order valence-corrected chi connectivity index (χ0v) is 15.0. The number of phenolic OH excluding ortho intramolecular Hbond substituents is 1. The number of phenols is 1. The maximum atomic E-state index is 9.97. The predicted octanol–water partition coefficient (Wildman–Crippen LogP) is 4.50. The molecule has 24 heavy (non-hydrogen) atoms. The van der Waals surface area contributed by atoms with E-state index < -0.39 is 6.10 Å². The minimum Gasteiger partial charge on any atom is -0.508 e. The van der Waals surface area contributed by atoms with Gasteiger partial charge in [0, 0.05) is 5.41 Å². The van der Waals surface area contributed by atoms with Crippen molar-refractivity contribution in [2.45, 2.75) is 45.6 Å². The Morgan fingerprint density at radius 1 is 1.00 bits per heavy atom. The van der Waals surface area contributed by atoms with Gasteiger partial charge in [-0.25, -0.2) is 0 Å². The highest BCUT2D eigenvalue weighted by molar-refractivity contribution is 5.43. The SMILES string of the molecule is CC(C)CC(O)COc1cccc(C(C)(C)c2cccc(O)c2)c1. The first-order chi connectivity index (χ1) is 11.3. The Bertz CT molecular complexity index is 662. The summed E-state index contributed by atoms with van der Waals surface area (Å²) in [7, 11) is 0. The lowest BCUT2D eigenvalue weighted by molar-refractivity contribution is 0.0892. The normalized spacial score (nSPS) is 13.1. The van der Waals surface area contributed by atoms with E-state index in [1.54, 1.807) is 12.1 Å². The molecule has 0 spiro atoms. The maximum absolute atomic E-state index is 9.97. The van der Waals surface area contributed by atoms with Gasteiger partial charge in [-0.2, -0.15) is 0 Å². The van der Waals surface area contributed by atoms with E-state index in [0.29, 0.717) is 12.5 Å². The van der Waals surface area contributed by atoms with Crippen molar-refractivity contribution in [1.82, 2.24) is 0 Å². The summed E-state index contributed by atoms with van der Waals surface area (Å²) < 4.78 is 5.76. The predicted molar refractivity (Wildman–Crippen MR) is 97.6 cm³/mol. The molecule has 0 aliphatic carbocycles. The third-order valence-electron chi connectivity index (χ3n) is 4.31. The second-order valence-electron chi connectivity index (χ2n) is 7.30. The molecule has 0 heterocycles. The quantitative estimate of drug-likeness (QED) is 0.786. The number of aliphatic hydroxyl groups is 1. The monoisotopic (exact) mass is 328 g/mol. The fourth-order valence-corrected chi connectivity index (χ4v) is 2.84. The van der Waals surface area contributed by atoms with Gasteiger partial charge in [0.05, 0.1) is 6.10 Å². The third kappa shape index (κ3) is 4.75. The number of rotatable bonds is 7. The molecule has 1 atom stereocenters. The minimum absolute atomic E-state index is 0.255. The molecule has 2 N–H and O–H groups in total. The van der Waals surface area contributed by atoms with Gasteiger partial charge in [-0.15, -0.1) is 0 Å². The van der Waals surface area contributed by atoms with Gasteiger partial charge in [-0.1, -0.05) is 52.0 Å². The molecule has 0 aliphatic rings. The van der Waals surface area contributed by atoms with Crippen LogP contribution in [0.2, 0.25) is 0 Å². The zero-order valence-electron chi connectivity index (χ0n) is 15.0. The highest BCUT2D eigenvalue weighted by Gasteiger charge is 2.24. The summed E-state index contributed by atoms with van der Waals surface area (Å²) in [6.07, 6.45) is 0.279. The van der Waals surface area contributed by atoms with E-state index in [9.17, 15) is 10.2 Å². The molecule has 0 aliphatic heterocycles. The van der Waals surface area contributed by atoms with Crippen molar-refractivity contribution in [2.24, 2.45) is 5.92 Å². The lowest BCUT2D eigenvalue weighted by Crippen LogP contribution is -2.21. The number of aromatic hydroxyl groups is 1. The van der Waals surface area contributed by atoms with Gasteiger partial charge in [0.25, 0.3) is 0 Å². The molecule has 0 aromatic heterocycles. The van der Waals surface area contributed by atoms with Crippen LogP contribution in [0.5, 0.6) is 11.5 Å². The third-order valence-corrected chi connectivity index (χ3v) is 4.31. The zero-order chi connectivity index (χ0) is 17.7. The first kappa shape index (κ1) is 18.3. The van der Waals surface area contributed by atoms with Crippen LogP contribution in [0.15, 0.2) is 48.5 Å². The van der Waals surface area contributed by atoms with E-state index in [0.717, 1.165) is 23.3 Å². The summed E-state index contributed by atoms with van der Waals surface area (Å²) in [5.41, 5.74) is 1.89. The van der Waals surface area contributed by atoms with Crippen molar-refractivity contribution >= 4 is 0 Å². The molecule has 0 radical (unpaired) electrons. The molecule has 2 aromatic carbocycles. The van der Waals surface area contributed by atoms with Crippen molar-refractivity contribution in [3.05, 3.63) is 59.7 Å². The molecular formula is C21H28O3. The highest BCUT2D eigenvalue weighted by Crippen LogP contribution is 2.34. The lowest BCUT2D eigenvalue weighted by Gasteiger charge is -2.27. The second kappa shape index (κ2) is 7.71. The molecule has 3 heteroatoms. The van der Waals surface area contributed by atoms with E-state index in [1.165, 1.54) is 0 Å². The Kier molecular flexibility index (Phi) is 5.89. The van der Waals surface area contributed by atoms with Gasteiger partial charge in [0.1, 0.15) is 18.1 Å². The topological polar surface area (TPSA) is 49.7 Å². The van der Waals surface area contributed by atoms with Crippen molar-refractivity contribution in [1.29, 1.82) is 0 Å². The van der Waals surface area contributed by atoms with E-state index in [4.69, 9.17) is 4.74 Å². The van der Waals surface area contributed by atoms with Gasteiger partial charge < -0.3 is 14.9 Å². The molecule has 3 nitrogen and oxygen atoms in total. The molecule has 0 amide bonds. The molecule has 0 bridgehead atoms. The van der Waals surface area contributed by atoms with Crippen molar-refractivity contribution in [3.63, 3.8) is 0 Å². The van der Waals surface area contributed by atoms with Crippen LogP contribution in [0, 0.1) is 5.92 Å². The van der Waals surface area contributed by atoms with Gasteiger partial charge >= 0.3 is 0 Å². The summed E-state index contributed by atoms with van der Waals surface area (Å²) in [4.78, 5) is 0. The first-order valence-electron chi connectivity index (χ1n) is 8.50. The molecule has 2 rings (SSSR count). The molecule has 0 saturated heterocycles. The van der Waals surface area contributed by atoms with E-state index in [-0.39, 0.29) is 11.2 Å². The van der Waals surface area contributed by atoms with Gasteiger partial charge in [0.2, 0.25) is 0 Å². The second-order valence-corrected chi connectivity index (χ2v) is 7.30. The molecule has 0 saturated carbocycles. The van der Waals surface area contributed by atoms with E-state index in [2.05, 4.69) is 33.8 Å². The first-order valence-corrected chi connectivity index (χ1v) is 8.50. The largest absolute Gasteiger partial charge is 0.508 e. The molecule has 2 aromatic rings. The minimum atomic E-state index is -0.451. The Balaban J connectivity index is 2.14. The van der Waals surface area contributed by atoms with Crippen molar-refractivity contribution < 1.29 is 14.9 Å². The fraction of sp³-hybridized carbons (Fsp3) is 0.429. The van der Waals surface area contributed by atoms with Crippen molar-refractivity contribution in [2.75, 3.05) is 6.61 Å². The molecule has 0 fully saturated rings. The number of hydrogen-bond acceptors (Lipinski definition) is 3. The van der Waals surface area contributed by atoms with Crippen LogP contribution in [0.3, 0.4) is 0 Å². The Labute approximate surface area is 144 Å². The smallest absolute Gasteiger partial charge is 0.119 e. The molecular weight excluding hydrogens is 300 g/mol. The average molecular weight is 328 g/mol. The lowest BCUT2D eigenvalue weighted by atomic mass is 9.78. The van der Waals surface area contributed by atoms with E-state index >= 15 is 0 Å². The van der Waals surface area contributed by atoms with Crippen LogP contribution in [-0.4, -0.2) is 22.9 Å². The number of aliphatic hydroxyl groups excluding tert-OH is 1. The number of hydrogen-bond donors (Lipinski definition) is 2. The summed E-state index contributed by atoms with van der Waals surface area (Å²) in [5, 5.41) is 19.7. The Morgan fingerprint density at radius 3 is 2.25 bits per heavy atom. The van der Waals surface area contributed by atoms with Crippen LogP contribution in [0.1, 0.15) is 45.2 Å².